The summed E-state index contributed by atoms with van der Waals surface area (Å²) < 4.78 is 0. The van der Waals surface area contributed by atoms with Gasteiger partial charge in [0.2, 0.25) is 11.8 Å². The Balaban J connectivity index is 1.97. The number of nitrogens with two attached hydrogens (primary N) is 1. The molecule has 1 heterocycles. The number of benzene rings is 1. The van der Waals surface area contributed by atoms with Crippen molar-refractivity contribution in [3.63, 3.8) is 0 Å². The fourth-order valence-electron chi connectivity index (χ4n) is 3.16. The van der Waals surface area contributed by atoms with E-state index in [1.807, 2.05) is 6.92 Å². The SMILES string of the molecule is C[C@H]1C[C@H](C)CN([C@@H](C)C(=O)Nc2ccc(C(N)=O)cc2)C1. The maximum atomic E-state index is 12.4. The fraction of sp³-hybridized carbons (Fsp3) is 0.529. The van der Waals surface area contributed by atoms with Crippen molar-refractivity contribution in [3.05, 3.63) is 29.8 Å². The first-order chi connectivity index (χ1) is 10.4. The molecule has 0 spiro atoms. The summed E-state index contributed by atoms with van der Waals surface area (Å²) in [6.07, 6.45) is 1.22. The molecule has 5 nitrogen and oxygen atoms in total. The Morgan fingerprint density at radius 1 is 1.18 bits per heavy atom. The van der Waals surface area contributed by atoms with E-state index in [-0.39, 0.29) is 11.9 Å². The van der Waals surface area contributed by atoms with Crippen molar-refractivity contribution in [2.45, 2.75) is 33.2 Å². The van der Waals surface area contributed by atoms with Crippen LogP contribution < -0.4 is 11.1 Å². The average molecular weight is 303 g/mol. The molecule has 1 fully saturated rings. The van der Waals surface area contributed by atoms with Gasteiger partial charge in [-0.3, -0.25) is 14.5 Å². The third-order valence-corrected chi connectivity index (χ3v) is 4.26. The van der Waals surface area contributed by atoms with E-state index in [0.29, 0.717) is 23.1 Å². The third-order valence-electron chi connectivity index (χ3n) is 4.26. The van der Waals surface area contributed by atoms with Crippen molar-refractivity contribution in [2.24, 2.45) is 17.6 Å². The molecule has 1 saturated heterocycles. The van der Waals surface area contributed by atoms with Crippen molar-refractivity contribution in [1.82, 2.24) is 4.90 Å². The molecule has 0 unspecified atom stereocenters. The van der Waals surface area contributed by atoms with Gasteiger partial charge in [0, 0.05) is 24.3 Å². The van der Waals surface area contributed by atoms with Gasteiger partial charge in [0.05, 0.1) is 6.04 Å². The Morgan fingerprint density at radius 2 is 1.73 bits per heavy atom. The number of amides is 2. The molecule has 2 amide bonds. The first-order valence-corrected chi connectivity index (χ1v) is 7.81. The molecule has 5 heteroatoms. The molecule has 0 saturated carbocycles. The number of carbonyl (C=O) groups excluding carboxylic acids is 2. The number of nitrogens with one attached hydrogen (secondary N) is 1. The molecular formula is C17H25N3O2. The summed E-state index contributed by atoms with van der Waals surface area (Å²) in [5, 5.41) is 2.90. The topological polar surface area (TPSA) is 75.4 Å². The van der Waals surface area contributed by atoms with Gasteiger partial charge in [-0.15, -0.1) is 0 Å². The highest BCUT2D eigenvalue weighted by atomic mass is 16.2. The quantitative estimate of drug-likeness (QED) is 0.894. The number of rotatable bonds is 4. The van der Waals surface area contributed by atoms with Gasteiger partial charge in [-0.2, -0.15) is 0 Å². The lowest BCUT2D eigenvalue weighted by atomic mass is 9.91. The van der Waals surface area contributed by atoms with E-state index < -0.39 is 5.91 Å². The minimum Gasteiger partial charge on any atom is -0.366 e. The Bertz CT molecular complexity index is 531. The van der Waals surface area contributed by atoms with Gasteiger partial charge in [-0.1, -0.05) is 13.8 Å². The second-order valence-electron chi connectivity index (χ2n) is 6.51. The number of hydrogen-bond acceptors (Lipinski definition) is 3. The van der Waals surface area contributed by atoms with Gasteiger partial charge in [0.15, 0.2) is 0 Å². The van der Waals surface area contributed by atoms with Crippen LogP contribution in [-0.2, 0) is 4.79 Å². The normalized spacial score (nSPS) is 23.8. The highest BCUT2D eigenvalue weighted by molar-refractivity contribution is 5.96. The summed E-state index contributed by atoms with van der Waals surface area (Å²) in [4.78, 5) is 25.7. The maximum absolute atomic E-state index is 12.4. The highest BCUT2D eigenvalue weighted by Crippen LogP contribution is 2.23. The first kappa shape index (κ1) is 16.5. The van der Waals surface area contributed by atoms with Gasteiger partial charge >= 0.3 is 0 Å². The molecule has 1 aliphatic heterocycles. The summed E-state index contributed by atoms with van der Waals surface area (Å²) in [5.41, 5.74) is 6.32. The number of nitrogens with zero attached hydrogens (tertiary/aromatic N) is 1. The number of hydrogen-bond donors (Lipinski definition) is 2. The van der Waals surface area contributed by atoms with Crippen molar-refractivity contribution >= 4 is 17.5 Å². The molecule has 2 rings (SSSR count). The molecule has 0 bridgehead atoms. The van der Waals surface area contributed by atoms with E-state index in [1.54, 1.807) is 24.3 Å². The van der Waals surface area contributed by atoms with Crippen LogP contribution in [0.25, 0.3) is 0 Å². The molecule has 120 valence electrons. The number of carbonyl (C=O) groups is 2. The lowest BCUT2D eigenvalue weighted by Crippen LogP contribution is -2.48. The van der Waals surface area contributed by atoms with E-state index in [0.717, 1.165) is 13.1 Å². The molecule has 0 aliphatic carbocycles. The summed E-state index contributed by atoms with van der Waals surface area (Å²) >= 11 is 0. The zero-order chi connectivity index (χ0) is 16.3. The smallest absolute Gasteiger partial charge is 0.248 e. The molecule has 3 N–H and O–H groups in total. The highest BCUT2D eigenvalue weighted by Gasteiger charge is 2.28. The molecule has 1 aliphatic rings. The van der Waals surface area contributed by atoms with Crippen LogP contribution in [0.4, 0.5) is 5.69 Å². The van der Waals surface area contributed by atoms with Crippen LogP contribution in [0.2, 0.25) is 0 Å². The molecule has 3 atom stereocenters. The van der Waals surface area contributed by atoms with Crippen LogP contribution in [0.1, 0.15) is 37.6 Å². The predicted octanol–water partition coefficient (Wildman–Crippen LogP) is 2.09. The van der Waals surface area contributed by atoms with Crippen molar-refractivity contribution in [3.8, 4) is 0 Å². The van der Waals surface area contributed by atoms with Crippen LogP contribution in [-0.4, -0.2) is 35.8 Å². The lowest BCUT2D eigenvalue weighted by Gasteiger charge is -2.38. The van der Waals surface area contributed by atoms with E-state index >= 15 is 0 Å². The lowest BCUT2D eigenvalue weighted by molar-refractivity contribution is -0.121. The van der Waals surface area contributed by atoms with Gasteiger partial charge in [0.1, 0.15) is 0 Å². The second-order valence-corrected chi connectivity index (χ2v) is 6.51. The Kier molecular flexibility index (Phi) is 5.19. The molecule has 0 radical (unpaired) electrons. The Morgan fingerprint density at radius 3 is 2.23 bits per heavy atom. The van der Waals surface area contributed by atoms with E-state index in [4.69, 9.17) is 5.73 Å². The molecule has 0 aromatic heterocycles. The predicted molar refractivity (Wildman–Crippen MR) is 87.6 cm³/mol. The Hall–Kier alpha value is -1.88. The molecule has 1 aromatic rings. The van der Waals surface area contributed by atoms with Crippen LogP contribution >= 0.6 is 0 Å². The average Bonchev–Trinajstić information content (AvgIpc) is 2.46. The van der Waals surface area contributed by atoms with Crippen LogP contribution in [0.15, 0.2) is 24.3 Å². The minimum absolute atomic E-state index is 0.0203. The number of anilines is 1. The second kappa shape index (κ2) is 6.92. The van der Waals surface area contributed by atoms with Gasteiger partial charge < -0.3 is 11.1 Å². The van der Waals surface area contributed by atoms with Crippen molar-refractivity contribution in [1.29, 1.82) is 0 Å². The summed E-state index contributed by atoms with van der Waals surface area (Å²) in [6.45, 7) is 8.32. The monoisotopic (exact) mass is 303 g/mol. The molecule has 22 heavy (non-hydrogen) atoms. The largest absolute Gasteiger partial charge is 0.366 e. The summed E-state index contributed by atoms with van der Waals surface area (Å²) in [6, 6.07) is 6.47. The third kappa shape index (κ3) is 4.07. The van der Waals surface area contributed by atoms with E-state index in [9.17, 15) is 9.59 Å². The van der Waals surface area contributed by atoms with Gasteiger partial charge in [-0.25, -0.2) is 0 Å². The first-order valence-electron chi connectivity index (χ1n) is 7.81. The van der Waals surface area contributed by atoms with Crippen LogP contribution in [0, 0.1) is 11.8 Å². The fourth-order valence-corrected chi connectivity index (χ4v) is 3.16. The van der Waals surface area contributed by atoms with Gasteiger partial charge in [0.25, 0.3) is 0 Å². The number of primary amides is 1. The van der Waals surface area contributed by atoms with Crippen LogP contribution in [0.5, 0.6) is 0 Å². The zero-order valence-electron chi connectivity index (χ0n) is 13.5. The maximum Gasteiger partial charge on any atom is 0.248 e. The number of piperidine rings is 1. The molecule has 1 aromatic carbocycles. The van der Waals surface area contributed by atoms with Crippen LogP contribution in [0.3, 0.4) is 0 Å². The molecular weight excluding hydrogens is 278 g/mol. The van der Waals surface area contributed by atoms with E-state index in [1.165, 1.54) is 6.42 Å². The minimum atomic E-state index is -0.470. The standard InChI is InChI=1S/C17H25N3O2/c1-11-8-12(2)10-20(9-11)13(3)17(22)19-15-6-4-14(5-7-15)16(18)21/h4-7,11-13H,8-10H2,1-3H3,(H2,18,21)(H,19,22)/t11-,12-,13-/m0/s1. The van der Waals surface area contributed by atoms with Gasteiger partial charge in [-0.05, 0) is 49.4 Å². The number of likely N-dealkylation sites (tertiary alicyclic amines) is 1. The summed E-state index contributed by atoms with van der Waals surface area (Å²) in [7, 11) is 0. The van der Waals surface area contributed by atoms with E-state index in [2.05, 4.69) is 24.1 Å². The Labute approximate surface area is 131 Å². The summed E-state index contributed by atoms with van der Waals surface area (Å²) in [5.74, 6) is 0.748. The van der Waals surface area contributed by atoms with Crippen molar-refractivity contribution in [2.75, 3.05) is 18.4 Å². The zero-order valence-corrected chi connectivity index (χ0v) is 13.5. The van der Waals surface area contributed by atoms with Crippen molar-refractivity contribution < 1.29 is 9.59 Å².